The molecule has 25 heavy (non-hydrogen) atoms. The Morgan fingerprint density at radius 2 is 1.88 bits per heavy atom. The molecule has 126 valence electrons. The number of aromatic amines is 1. The number of benzene rings is 2. The van der Waals surface area contributed by atoms with Gasteiger partial charge >= 0.3 is 0 Å². The summed E-state index contributed by atoms with van der Waals surface area (Å²) in [5.41, 5.74) is 2.84. The summed E-state index contributed by atoms with van der Waals surface area (Å²) in [6.45, 7) is 1.23. The molecule has 0 spiro atoms. The number of rotatable bonds is 5. The highest BCUT2D eigenvalue weighted by atomic mass is 35.5. The maximum atomic E-state index is 6.22. The lowest BCUT2D eigenvalue weighted by Crippen LogP contribution is -2.13. The molecule has 2 heterocycles. The van der Waals surface area contributed by atoms with E-state index in [-0.39, 0.29) is 0 Å². The van der Waals surface area contributed by atoms with Crippen LogP contribution in [0.3, 0.4) is 0 Å². The van der Waals surface area contributed by atoms with Crippen LogP contribution in [-0.2, 0) is 13.1 Å². The molecule has 0 unspecified atom stereocenters. The maximum Gasteiger partial charge on any atom is 0.135 e. The molecule has 0 aliphatic rings. The molecule has 2 N–H and O–H groups in total. The summed E-state index contributed by atoms with van der Waals surface area (Å²) in [7, 11) is 0. The first-order chi connectivity index (χ1) is 12.2. The second-order valence-electron chi connectivity index (χ2n) is 5.69. The van der Waals surface area contributed by atoms with Crippen molar-refractivity contribution in [3.05, 3.63) is 76.2 Å². The summed E-state index contributed by atoms with van der Waals surface area (Å²) in [4.78, 5) is 7.83. The van der Waals surface area contributed by atoms with Crippen LogP contribution in [0, 0.1) is 0 Å². The number of imidazole rings is 1. The molecule has 4 rings (SSSR count). The van der Waals surface area contributed by atoms with Crippen LogP contribution in [0.15, 0.2) is 59.0 Å². The topological polar surface area (TPSA) is 53.9 Å². The van der Waals surface area contributed by atoms with E-state index in [4.69, 9.17) is 27.6 Å². The van der Waals surface area contributed by atoms with E-state index in [2.05, 4.69) is 15.3 Å². The highest BCUT2D eigenvalue weighted by molar-refractivity contribution is 6.36. The number of nitrogens with zero attached hydrogens (tertiary/aromatic N) is 1. The highest BCUT2D eigenvalue weighted by Crippen LogP contribution is 2.31. The van der Waals surface area contributed by atoms with Gasteiger partial charge in [0.15, 0.2) is 0 Å². The van der Waals surface area contributed by atoms with Crippen molar-refractivity contribution in [1.29, 1.82) is 0 Å². The average Bonchev–Trinajstić information content (AvgIpc) is 3.21. The van der Waals surface area contributed by atoms with Crippen molar-refractivity contribution >= 4 is 34.2 Å². The fourth-order valence-corrected chi connectivity index (χ4v) is 3.20. The fraction of sp³-hybridized carbons (Fsp3) is 0.105. The highest BCUT2D eigenvalue weighted by Gasteiger charge is 2.09. The fourth-order valence-electron chi connectivity index (χ4n) is 2.70. The molecule has 0 fully saturated rings. The normalized spacial score (nSPS) is 11.3. The number of para-hydroxylation sites is 2. The largest absolute Gasteiger partial charge is 0.460 e. The zero-order chi connectivity index (χ0) is 17.2. The van der Waals surface area contributed by atoms with Crippen molar-refractivity contribution in [2.24, 2.45) is 0 Å². The van der Waals surface area contributed by atoms with Crippen LogP contribution in [0.5, 0.6) is 0 Å². The monoisotopic (exact) mass is 371 g/mol. The van der Waals surface area contributed by atoms with Crippen LogP contribution < -0.4 is 5.32 Å². The van der Waals surface area contributed by atoms with Crippen molar-refractivity contribution in [3.63, 3.8) is 0 Å². The first-order valence-electron chi connectivity index (χ1n) is 7.87. The van der Waals surface area contributed by atoms with Crippen molar-refractivity contribution in [1.82, 2.24) is 15.3 Å². The number of H-pyrrole nitrogens is 1. The number of hydrogen-bond donors (Lipinski definition) is 2. The molecule has 4 aromatic rings. The molecule has 0 saturated heterocycles. The van der Waals surface area contributed by atoms with Gasteiger partial charge in [0.05, 0.1) is 29.1 Å². The van der Waals surface area contributed by atoms with Gasteiger partial charge in [0.25, 0.3) is 0 Å². The van der Waals surface area contributed by atoms with Gasteiger partial charge in [0.1, 0.15) is 17.3 Å². The Bertz CT molecular complexity index is 989. The molecular formula is C19H15Cl2N3O. The number of halogens is 2. The van der Waals surface area contributed by atoms with Gasteiger partial charge in [-0.3, -0.25) is 0 Å². The van der Waals surface area contributed by atoms with Crippen molar-refractivity contribution in [2.45, 2.75) is 13.1 Å². The first-order valence-corrected chi connectivity index (χ1v) is 8.63. The number of furan rings is 1. The molecule has 2 aromatic heterocycles. The Morgan fingerprint density at radius 1 is 1.00 bits per heavy atom. The van der Waals surface area contributed by atoms with Crippen LogP contribution in [0.2, 0.25) is 10.0 Å². The molecule has 4 nitrogen and oxygen atoms in total. The lowest BCUT2D eigenvalue weighted by molar-refractivity contribution is 0.491. The lowest BCUT2D eigenvalue weighted by atomic mass is 10.2. The van der Waals surface area contributed by atoms with E-state index < -0.39 is 0 Å². The zero-order valence-corrected chi connectivity index (χ0v) is 14.7. The summed E-state index contributed by atoms with van der Waals surface area (Å²) in [5, 5.41) is 4.50. The standard InChI is InChI=1S/C19H15Cl2N3O/c20-12-5-7-14(15(21)9-12)18-8-6-13(25-18)10-22-11-19-23-16-3-1-2-4-17(16)24-19/h1-9,22H,10-11H2,(H,23,24). The van der Waals surface area contributed by atoms with E-state index in [1.807, 2.05) is 42.5 Å². The van der Waals surface area contributed by atoms with Crippen LogP contribution >= 0.6 is 23.2 Å². The molecule has 0 bridgehead atoms. The molecule has 0 aliphatic carbocycles. The van der Waals surface area contributed by atoms with Gasteiger partial charge in [0.2, 0.25) is 0 Å². The van der Waals surface area contributed by atoms with E-state index in [0.717, 1.165) is 33.9 Å². The molecular weight excluding hydrogens is 357 g/mol. The van der Waals surface area contributed by atoms with E-state index in [9.17, 15) is 0 Å². The summed E-state index contributed by atoms with van der Waals surface area (Å²) < 4.78 is 5.87. The van der Waals surface area contributed by atoms with E-state index in [1.165, 1.54) is 0 Å². The van der Waals surface area contributed by atoms with Crippen LogP contribution in [0.25, 0.3) is 22.4 Å². The second-order valence-corrected chi connectivity index (χ2v) is 6.54. The molecule has 0 radical (unpaired) electrons. The third-order valence-corrected chi connectivity index (χ3v) is 4.44. The molecule has 6 heteroatoms. The summed E-state index contributed by atoms with van der Waals surface area (Å²) in [6, 6.07) is 17.2. The smallest absolute Gasteiger partial charge is 0.135 e. The van der Waals surface area contributed by atoms with Gasteiger partial charge < -0.3 is 14.7 Å². The molecule has 2 aromatic carbocycles. The van der Waals surface area contributed by atoms with E-state index in [1.54, 1.807) is 12.1 Å². The van der Waals surface area contributed by atoms with Crippen molar-refractivity contribution < 1.29 is 4.42 Å². The summed E-state index contributed by atoms with van der Waals surface area (Å²) in [5.74, 6) is 2.45. The number of aromatic nitrogens is 2. The lowest BCUT2D eigenvalue weighted by Gasteiger charge is -2.02. The summed E-state index contributed by atoms with van der Waals surface area (Å²) >= 11 is 12.2. The van der Waals surface area contributed by atoms with Gasteiger partial charge in [-0.15, -0.1) is 0 Å². The Balaban J connectivity index is 1.41. The van der Waals surface area contributed by atoms with E-state index in [0.29, 0.717) is 23.1 Å². The van der Waals surface area contributed by atoms with E-state index >= 15 is 0 Å². The predicted octanol–water partition coefficient (Wildman–Crippen LogP) is 5.42. The molecule has 0 atom stereocenters. The zero-order valence-electron chi connectivity index (χ0n) is 13.2. The van der Waals surface area contributed by atoms with Gasteiger partial charge in [-0.2, -0.15) is 0 Å². The van der Waals surface area contributed by atoms with Crippen LogP contribution in [0.1, 0.15) is 11.6 Å². The minimum atomic E-state index is 0.573. The number of nitrogens with one attached hydrogen (secondary N) is 2. The minimum absolute atomic E-state index is 0.573. The van der Waals surface area contributed by atoms with Gasteiger partial charge in [-0.05, 0) is 42.5 Å². The van der Waals surface area contributed by atoms with Crippen LogP contribution in [-0.4, -0.2) is 9.97 Å². The Hall–Kier alpha value is -2.27. The van der Waals surface area contributed by atoms with Crippen molar-refractivity contribution in [3.8, 4) is 11.3 Å². The number of hydrogen-bond acceptors (Lipinski definition) is 3. The third-order valence-electron chi connectivity index (χ3n) is 3.89. The van der Waals surface area contributed by atoms with Crippen LogP contribution in [0.4, 0.5) is 0 Å². The Labute approximate surface area is 154 Å². The van der Waals surface area contributed by atoms with Gasteiger partial charge in [0, 0.05) is 10.6 Å². The SMILES string of the molecule is Clc1ccc(-c2ccc(CNCc3nc4ccccc4[nH]3)o2)c(Cl)c1. The second kappa shape index (κ2) is 6.92. The summed E-state index contributed by atoms with van der Waals surface area (Å²) in [6.07, 6.45) is 0. The van der Waals surface area contributed by atoms with Gasteiger partial charge in [-0.25, -0.2) is 4.98 Å². The first kappa shape index (κ1) is 16.2. The van der Waals surface area contributed by atoms with Gasteiger partial charge in [-0.1, -0.05) is 35.3 Å². The Kier molecular flexibility index (Phi) is 4.49. The molecule has 0 saturated carbocycles. The number of fused-ring (bicyclic) bond motifs is 1. The quantitative estimate of drug-likeness (QED) is 0.492. The molecule has 0 amide bonds. The minimum Gasteiger partial charge on any atom is -0.460 e. The average molecular weight is 372 g/mol. The van der Waals surface area contributed by atoms with Crippen molar-refractivity contribution in [2.75, 3.05) is 0 Å². The Morgan fingerprint density at radius 3 is 2.72 bits per heavy atom. The maximum absolute atomic E-state index is 6.22. The molecule has 0 aliphatic heterocycles. The predicted molar refractivity (Wildman–Crippen MR) is 101 cm³/mol. The third kappa shape index (κ3) is 3.56.